The predicted octanol–water partition coefficient (Wildman–Crippen LogP) is 4.00. The third-order valence-corrected chi connectivity index (χ3v) is 3.80. The van der Waals surface area contributed by atoms with Gasteiger partial charge in [-0.1, -0.05) is 36.4 Å². The minimum Gasteiger partial charge on any atom is -0.408 e. The molecule has 2 aromatic carbocycles. The molecule has 0 N–H and O–H groups in total. The smallest absolute Gasteiger partial charge is 0.408 e. The minimum atomic E-state index is -1.80. The molecule has 0 aliphatic rings. The first-order valence-corrected chi connectivity index (χ1v) is 9.87. The maximum atomic E-state index is 5.72. The van der Waals surface area contributed by atoms with Gasteiger partial charge in [-0.25, -0.2) is 0 Å². The second-order valence-corrected chi connectivity index (χ2v) is 5.99. The Morgan fingerprint density at radius 2 is 0.875 bits per heavy atom. The summed E-state index contributed by atoms with van der Waals surface area (Å²) in [6.07, 6.45) is 7.40. The summed E-state index contributed by atoms with van der Waals surface area (Å²) in [5, 5.41) is 0. The molecule has 2 aromatic rings. The molecule has 0 spiro atoms. The quantitative estimate of drug-likeness (QED) is 0.535. The lowest BCUT2D eigenvalue weighted by Gasteiger charge is -2.14. The summed E-state index contributed by atoms with van der Waals surface area (Å²) >= 11 is 0. The number of hydrogen-bond acceptors (Lipinski definition) is 3. The SMILES string of the molecule is C#CC#CC#CC#CC#CC#CC#CC#COP(Oc1ccccc1)Oc1ccccc1. The van der Waals surface area contributed by atoms with Gasteiger partial charge in [-0.3, -0.25) is 0 Å². The van der Waals surface area contributed by atoms with E-state index in [1.165, 1.54) is 0 Å². The van der Waals surface area contributed by atoms with E-state index in [0.29, 0.717) is 11.5 Å². The van der Waals surface area contributed by atoms with E-state index in [0.717, 1.165) is 0 Å². The van der Waals surface area contributed by atoms with E-state index in [1.807, 2.05) is 36.4 Å². The molecule has 0 saturated carbocycles. The largest absolute Gasteiger partial charge is 0.539 e. The highest BCUT2D eigenvalue weighted by Crippen LogP contribution is 2.40. The summed E-state index contributed by atoms with van der Waals surface area (Å²) in [6, 6.07) is 18.3. The first-order chi connectivity index (χ1) is 15.9. The van der Waals surface area contributed by atoms with Gasteiger partial charge in [0.25, 0.3) is 0 Å². The highest BCUT2D eigenvalue weighted by molar-refractivity contribution is 7.42. The van der Waals surface area contributed by atoms with Crippen LogP contribution in [-0.2, 0) is 4.52 Å². The zero-order valence-corrected chi connectivity index (χ0v) is 17.4. The van der Waals surface area contributed by atoms with Gasteiger partial charge < -0.3 is 13.6 Å². The number of para-hydroxylation sites is 2. The molecule has 0 aromatic heterocycles. The molecule has 0 bridgehead atoms. The van der Waals surface area contributed by atoms with Crippen LogP contribution in [0.4, 0.5) is 0 Å². The van der Waals surface area contributed by atoms with Crippen LogP contribution in [0.5, 0.6) is 11.5 Å². The standard InChI is InChI=1S/C28H11O3P/c1-2-3-4-5-6-7-8-9-10-11-12-13-14-21-26-29-32(30-27-22-17-15-18-23-27)31-28-24-19-16-20-25-28/h1,15-20,22-25H. The van der Waals surface area contributed by atoms with Crippen LogP contribution in [-0.4, -0.2) is 0 Å². The Morgan fingerprint density at radius 3 is 1.28 bits per heavy atom. The third kappa shape index (κ3) is 10.9. The maximum Gasteiger partial charge on any atom is 0.539 e. The molecule has 4 heteroatoms. The Balaban J connectivity index is 1.90. The first-order valence-electron chi connectivity index (χ1n) is 8.77. The van der Waals surface area contributed by atoms with Crippen molar-refractivity contribution in [1.29, 1.82) is 0 Å². The summed E-state index contributed by atoms with van der Waals surface area (Å²) in [6.45, 7) is 0. The van der Waals surface area contributed by atoms with E-state index in [-0.39, 0.29) is 0 Å². The van der Waals surface area contributed by atoms with E-state index in [9.17, 15) is 0 Å². The molecule has 32 heavy (non-hydrogen) atoms. The lowest BCUT2D eigenvalue weighted by molar-refractivity contribution is 0.371. The van der Waals surface area contributed by atoms with Gasteiger partial charge in [-0.15, -0.1) is 6.42 Å². The zero-order chi connectivity index (χ0) is 22.5. The van der Waals surface area contributed by atoms with Crippen LogP contribution in [0.2, 0.25) is 0 Å². The minimum absolute atomic E-state index is 0.599. The molecule has 146 valence electrons. The molecule has 0 fully saturated rings. The third-order valence-electron chi connectivity index (χ3n) is 2.84. The van der Waals surface area contributed by atoms with E-state index >= 15 is 0 Å². The van der Waals surface area contributed by atoms with Gasteiger partial charge in [-0.05, 0) is 65.7 Å². The number of terminal acetylenes is 1. The average Bonchev–Trinajstić information content (AvgIpc) is 2.83. The van der Waals surface area contributed by atoms with Crippen LogP contribution >= 0.6 is 8.60 Å². The fourth-order valence-electron chi connectivity index (χ4n) is 1.66. The van der Waals surface area contributed by atoms with Crippen molar-refractivity contribution in [2.45, 2.75) is 0 Å². The van der Waals surface area contributed by atoms with E-state index in [2.05, 4.69) is 89.0 Å². The lowest BCUT2D eigenvalue weighted by Crippen LogP contribution is -1.97. The van der Waals surface area contributed by atoms with Crippen molar-refractivity contribution in [1.82, 2.24) is 0 Å². The molecule has 0 aliphatic heterocycles. The van der Waals surface area contributed by atoms with E-state index in [1.54, 1.807) is 24.3 Å². The number of hydrogen-bond donors (Lipinski definition) is 0. The first kappa shape index (κ1) is 23.0. The van der Waals surface area contributed by atoms with Crippen LogP contribution in [0, 0.1) is 95.4 Å². The molecule has 0 heterocycles. The lowest BCUT2D eigenvalue weighted by atomic mass is 10.3. The van der Waals surface area contributed by atoms with Crippen molar-refractivity contribution in [2.24, 2.45) is 0 Å². The van der Waals surface area contributed by atoms with Gasteiger partial charge in [0.2, 0.25) is 0 Å². The Morgan fingerprint density at radius 1 is 0.500 bits per heavy atom. The number of rotatable bonds is 5. The van der Waals surface area contributed by atoms with Crippen LogP contribution < -0.4 is 9.05 Å². The highest BCUT2D eigenvalue weighted by Gasteiger charge is 2.17. The molecule has 0 amide bonds. The van der Waals surface area contributed by atoms with Gasteiger partial charge in [0.1, 0.15) is 17.6 Å². The Labute approximate surface area is 189 Å². The maximum absolute atomic E-state index is 5.72. The van der Waals surface area contributed by atoms with Crippen molar-refractivity contribution < 1.29 is 13.6 Å². The zero-order valence-electron chi connectivity index (χ0n) is 16.5. The fraction of sp³-hybridized carbons (Fsp3) is 0. The molecule has 0 radical (unpaired) electrons. The Bertz CT molecular complexity index is 1350. The molecule has 0 unspecified atom stereocenters. The summed E-state index contributed by atoms with van der Waals surface area (Å²) in [5.74, 6) is 35.7. The van der Waals surface area contributed by atoms with Crippen molar-refractivity contribution in [2.75, 3.05) is 0 Å². The Kier molecular flexibility index (Phi) is 11.3. The van der Waals surface area contributed by atoms with Gasteiger partial charge in [0.05, 0.1) is 0 Å². The Hall–Kier alpha value is -5.25. The monoisotopic (exact) mass is 426 g/mol. The van der Waals surface area contributed by atoms with Crippen LogP contribution in [0.3, 0.4) is 0 Å². The normalized spacial score (nSPS) is 7.12. The fourth-order valence-corrected chi connectivity index (χ4v) is 2.48. The summed E-state index contributed by atoms with van der Waals surface area (Å²) < 4.78 is 16.8. The van der Waals surface area contributed by atoms with E-state index < -0.39 is 8.60 Å². The van der Waals surface area contributed by atoms with Crippen LogP contribution in [0.25, 0.3) is 0 Å². The van der Waals surface area contributed by atoms with Crippen molar-refractivity contribution in [3.8, 4) is 107 Å². The highest BCUT2D eigenvalue weighted by atomic mass is 31.2. The van der Waals surface area contributed by atoms with Gasteiger partial charge in [0.15, 0.2) is 0 Å². The summed E-state index contributed by atoms with van der Waals surface area (Å²) in [5.41, 5.74) is 0. The molecule has 0 saturated heterocycles. The van der Waals surface area contributed by atoms with Crippen molar-refractivity contribution >= 4 is 8.60 Å². The molecule has 3 nitrogen and oxygen atoms in total. The number of benzene rings is 2. The van der Waals surface area contributed by atoms with Gasteiger partial charge >= 0.3 is 8.60 Å². The molecule has 0 aliphatic carbocycles. The topological polar surface area (TPSA) is 27.7 Å². The average molecular weight is 426 g/mol. The van der Waals surface area contributed by atoms with Gasteiger partial charge in [0, 0.05) is 41.4 Å². The van der Waals surface area contributed by atoms with Crippen molar-refractivity contribution in [3.63, 3.8) is 0 Å². The second kappa shape index (κ2) is 15.6. The molecule has 2 rings (SSSR count). The molecular formula is C28H11O3P. The van der Waals surface area contributed by atoms with E-state index in [4.69, 9.17) is 20.0 Å². The van der Waals surface area contributed by atoms with Crippen LogP contribution in [0.1, 0.15) is 0 Å². The second-order valence-electron chi connectivity index (χ2n) is 4.99. The van der Waals surface area contributed by atoms with Crippen LogP contribution in [0.15, 0.2) is 60.7 Å². The molecule has 0 atom stereocenters. The molecular weight excluding hydrogens is 415 g/mol. The predicted molar refractivity (Wildman–Crippen MR) is 125 cm³/mol. The van der Waals surface area contributed by atoms with Gasteiger partial charge in [-0.2, -0.15) is 0 Å². The van der Waals surface area contributed by atoms with Crippen molar-refractivity contribution in [3.05, 3.63) is 60.7 Å². The summed E-state index contributed by atoms with van der Waals surface area (Å²) in [7, 11) is -1.80. The summed E-state index contributed by atoms with van der Waals surface area (Å²) in [4.78, 5) is 0.